The van der Waals surface area contributed by atoms with Crippen molar-refractivity contribution in [3.63, 3.8) is 0 Å². The van der Waals surface area contributed by atoms with Crippen LogP contribution in [0.15, 0.2) is 72.7 Å². The monoisotopic (exact) mass is 537 g/mol. The fraction of sp³-hybridized carbons (Fsp3) is 0.300. The molecule has 0 radical (unpaired) electrons. The van der Waals surface area contributed by atoms with Crippen molar-refractivity contribution in [2.45, 2.75) is 32.7 Å². The van der Waals surface area contributed by atoms with Crippen molar-refractivity contribution in [1.82, 2.24) is 24.6 Å². The van der Waals surface area contributed by atoms with Crippen LogP contribution in [0.1, 0.15) is 32.7 Å². The second-order valence-electron chi connectivity index (χ2n) is 10.5. The Hall–Kier alpha value is -4.75. The number of anilines is 1. The summed E-state index contributed by atoms with van der Waals surface area (Å²) in [6, 6.07) is 17.0. The third-order valence-corrected chi connectivity index (χ3v) is 6.93. The van der Waals surface area contributed by atoms with Gasteiger partial charge in [0.15, 0.2) is 5.65 Å². The highest BCUT2D eigenvalue weighted by atomic mass is 16.5. The number of hydrogen-bond donors (Lipinski definition) is 2. The summed E-state index contributed by atoms with van der Waals surface area (Å²) in [5.74, 6) is 1.41. The maximum Gasteiger partial charge on any atom is 0.252 e. The molecule has 0 saturated carbocycles. The van der Waals surface area contributed by atoms with E-state index in [0.29, 0.717) is 41.4 Å². The van der Waals surface area contributed by atoms with E-state index in [-0.39, 0.29) is 24.3 Å². The van der Waals surface area contributed by atoms with Crippen molar-refractivity contribution >= 4 is 22.8 Å². The van der Waals surface area contributed by atoms with Crippen molar-refractivity contribution in [3.8, 4) is 22.8 Å². The molecule has 0 bridgehead atoms. The summed E-state index contributed by atoms with van der Waals surface area (Å²) in [7, 11) is 0. The van der Waals surface area contributed by atoms with E-state index in [2.05, 4.69) is 14.8 Å². The number of carbonyl (C=O) groups is 1. The molecule has 1 aliphatic heterocycles. The molecule has 0 spiro atoms. The van der Waals surface area contributed by atoms with E-state index in [1.54, 1.807) is 24.8 Å². The topological polar surface area (TPSA) is 124 Å². The molecule has 3 heterocycles. The molecule has 10 heteroatoms. The van der Waals surface area contributed by atoms with E-state index < -0.39 is 5.41 Å². The summed E-state index contributed by atoms with van der Waals surface area (Å²) < 4.78 is 7.76. The zero-order valence-corrected chi connectivity index (χ0v) is 22.5. The molecule has 0 aliphatic carbocycles. The minimum absolute atomic E-state index is 0.00935. The zero-order valence-electron chi connectivity index (χ0n) is 22.5. The average molecular weight is 538 g/mol. The number of aromatic nitrogens is 4. The van der Waals surface area contributed by atoms with Crippen molar-refractivity contribution in [3.05, 3.63) is 84.1 Å². The largest absolute Gasteiger partial charge is 0.457 e. The SMILES string of the molecule is [C-]#[N+]/C(=C\C(C)(C)CO)C(=O)N1CCC[C@@H](n2nc(-c3ccc(Oc4ccccc4)cc3)c3c(N)ncnc32)C1. The van der Waals surface area contributed by atoms with E-state index in [9.17, 15) is 9.90 Å². The molecule has 1 amide bonds. The van der Waals surface area contributed by atoms with Crippen LogP contribution in [-0.2, 0) is 4.79 Å². The van der Waals surface area contributed by atoms with Gasteiger partial charge in [-0.05, 0) is 54.7 Å². The minimum atomic E-state index is -0.673. The molecule has 204 valence electrons. The Balaban J connectivity index is 1.45. The van der Waals surface area contributed by atoms with E-state index in [1.807, 2.05) is 59.3 Å². The number of nitrogens with two attached hydrogens (primary N) is 1. The molecule has 0 unspecified atom stereocenters. The number of fused-ring (bicyclic) bond motifs is 1. The van der Waals surface area contributed by atoms with Crippen LogP contribution in [0, 0.1) is 12.0 Å². The first-order chi connectivity index (χ1) is 19.3. The molecule has 40 heavy (non-hydrogen) atoms. The van der Waals surface area contributed by atoms with Crippen molar-refractivity contribution in [2.24, 2.45) is 5.41 Å². The standard InChI is InChI=1S/C30H31N7O3/c1-30(2,18-38)16-24(32-3)29(39)36-15-7-8-21(17-36)37-28-25(27(31)33-19-34-28)26(35-37)20-11-13-23(14-12-20)40-22-9-5-4-6-10-22/h4-6,9-14,16,19,21,38H,7-8,15,17-18H2,1-2H3,(H2,31,33,34)/b24-16-/t21-/m1/s1. The smallest absolute Gasteiger partial charge is 0.252 e. The van der Waals surface area contributed by atoms with Crippen molar-refractivity contribution in [2.75, 3.05) is 25.4 Å². The highest BCUT2D eigenvalue weighted by molar-refractivity contribution is 5.98. The number of ether oxygens (including phenoxy) is 1. The summed E-state index contributed by atoms with van der Waals surface area (Å²) in [6.07, 6.45) is 4.49. The summed E-state index contributed by atoms with van der Waals surface area (Å²) >= 11 is 0. The fourth-order valence-electron chi connectivity index (χ4n) is 4.82. The second-order valence-corrected chi connectivity index (χ2v) is 10.5. The van der Waals surface area contributed by atoms with Crippen LogP contribution < -0.4 is 10.5 Å². The number of piperidine rings is 1. The number of hydrogen-bond acceptors (Lipinski definition) is 7. The lowest BCUT2D eigenvalue weighted by Crippen LogP contribution is -2.41. The van der Waals surface area contributed by atoms with Gasteiger partial charge in [-0.3, -0.25) is 4.79 Å². The normalized spacial score (nSPS) is 16.1. The Morgan fingerprint density at radius 1 is 1.18 bits per heavy atom. The Bertz CT molecular complexity index is 1590. The number of amides is 1. The van der Waals surface area contributed by atoms with Gasteiger partial charge < -0.3 is 20.5 Å². The van der Waals surface area contributed by atoms with Crippen molar-refractivity contribution in [1.29, 1.82) is 0 Å². The number of para-hydroxylation sites is 1. The number of benzene rings is 2. The number of aliphatic hydroxyl groups is 1. The van der Waals surface area contributed by atoms with E-state index in [1.165, 1.54) is 6.33 Å². The predicted molar refractivity (Wildman–Crippen MR) is 152 cm³/mol. The van der Waals surface area contributed by atoms with Crippen LogP contribution >= 0.6 is 0 Å². The first kappa shape index (κ1) is 26.8. The Morgan fingerprint density at radius 2 is 1.90 bits per heavy atom. The van der Waals surface area contributed by atoms with Crippen LogP contribution in [0.2, 0.25) is 0 Å². The first-order valence-electron chi connectivity index (χ1n) is 13.1. The third kappa shape index (κ3) is 5.51. The molecule has 3 N–H and O–H groups in total. The summed E-state index contributed by atoms with van der Waals surface area (Å²) in [5, 5.41) is 15.2. The highest BCUT2D eigenvalue weighted by Crippen LogP contribution is 2.35. The fourth-order valence-corrected chi connectivity index (χ4v) is 4.82. The summed E-state index contributed by atoms with van der Waals surface area (Å²) in [4.78, 5) is 27.2. The lowest BCUT2D eigenvalue weighted by molar-refractivity contribution is -0.128. The number of likely N-dealkylation sites (tertiary alicyclic amines) is 1. The lowest BCUT2D eigenvalue weighted by Gasteiger charge is -2.33. The Labute approximate surface area is 232 Å². The van der Waals surface area contributed by atoms with Gasteiger partial charge in [0.2, 0.25) is 5.70 Å². The molecule has 2 aromatic heterocycles. The van der Waals surface area contributed by atoms with E-state index in [0.717, 1.165) is 24.2 Å². The third-order valence-electron chi connectivity index (χ3n) is 6.93. The van der Waals surface area contributed by atoms with E-state index >= 15 is 0 Å². The molecule has 2 aromatic carbocycles. The van der Waals surface area contributed by atoms with Gasteiger partial charge in [0.1, 0.15) is 29.3 Å². The molecule has 4 aromatic rings. The van der Waals surface area contributed by atoms with Gasteiger partial charge in [-0.1, -0.05) is 38.1 Å². The molecule has 10 nitrogen and oxygen atoms in total. The molecule has 1 saturated heterocycles. The summed E-state index contributed by atoms with van der Waals surface area (Å²) in [6.45, 7) is 11.9. The van der Waals surface area contributed by atoms with Crippen LogP contribution in [0.25, 0.3) is 27.1 Å². The van der Waals surface area contributed by atoms with Gasteiger partial charge >= 0.3 is 0 Å². The zero-order chi connectivity index (χ0) is 28.3. The number of carbonyl (C=O) groups excluding carboxylic acids is 1. The minimum Gasteiger partial charge on any atom is -0.457 e. The first-order valence-corrected chi connectivity index (χ1v) is 13.1. The molecular formula is C30H31N7O3. The van der Waals surface area contributed by atoms with Crippen LogP contribution in [0.4, 0.5) is 5.82 Å². The highest BCUT2D eigenvalue weighted by Gasteiger charge is 2.31. The molecule has 1 atom stereocenters. The van der Waals surface area contributed by atoms with Gasteiger partial charge in [-0.25, -0.2) is 19.5 Å². The van der Waals surface area contributed by atoms with Gasteiger partial charge in [0.05, 0.1) is 24.6 Å². The summed E-state index contributed by atoms with van der Waals surface area (Å²) in [5.41, 5.74) is 7.73. The molecular weight excluding hydrogens is 506 g/mol. The predicted octanol–water partition coefficient (Wildman–Crippen LogP) is 4.85. The van der Waals surface area contributed by atoms with E-state index in [4.69, 9.17) is 22.1 Å². The van der Waals surface area contributed by atoms with Gasteiger partial charge in [0.25, 0.3) is 5.91 Å². The van der Waals surface area contributed by atoms with Crippen LogP contribution in [0.3, 0.4) is 0 Å². The molecule has 5 rings (SSSR count). The second kappa shape index (κ2) is 11.2. The van der Waals surface area contributed by atoms with Crippen molar-refractivity contribution < 1.29 is 14.6 Å². The molecule has 1 fully saturated rings. The average Bonchev–Trinajstić information content (AvgIpc) is 3.38. The number of nitrogen functional groups attached to an aromatic ring is 1. The quantitative estimate of drug-likeness (QED) is 0.255. The molecule has 1 aliphatic rings. The van der Waals surface area contributed by atoms with Crippen LogP contribution in [-0.4, -0.2) is 55.4 Å². The Kier molecular flexibility index (Phi) is 7.49. The van der Waals surface area contributed by atoms with Gasteiger partial charge in [-0.2, -0.15) is 5.10 Å². The number of aliphatic hydroxyl groups excluding tert-OH is 1. The maximum absolute atomic E-state index is 13.3. The van der Waals surface area contributed by atoms with Gasteiger partial charge in [-0.15, -0.1) is 0 Å². The van der Waals surface area contributed by atoms with Gasteiger partial charge in [0, 0.05) is 18.7 Å². The number of rotatable bonds is 7. The van der Waals surface area contributed by atoms with Crippen LogP contribution in [0.5, 0.6) is 11.5 Å². The maximum atomic E-state index is 13.3. The Morgan fingerprint density at radius 3 is 2.60 bits per heavy atom. The number of nitrogens with zero attached hydrogens (tertiary/aromatic N) is 6. The lowest BCUT2D eigenvalue weighted by atomic mass is 9.93.